The van der Waals surface area contributed by atoms with E-state index < -0.39 is 5.92 Å². The highest BCUT2D eigenvalue weighted by Gasteiger charge is 2.33. The minimum absolute atomic E-state index is 0.0291. The van der Waals surface area contributed by atoms with E-state index in [2.05, 4.69) is 70.8 Å². The van der Waals surface area contributed by atoms with E-state index in [9.17, 15) is 14.4 Å². The normalized spacial score (nSPS) is 22.0. The van der Waals surface area contributed by atoms with E-state index in [1.165, 1.54) is 5.69 Å². The van der Waals surface area contributed by atoms with Crippen molar-refractivity contribution < 1.29 is 23.6 Å². The monoisotopic (exact) mass is 815 g/mol. The summed E-state index contributed by atoms with van der Waals surface area (Å²) in [6.07, 6.45) is 9.39. The highest BCUT2D eigenvalue weighted by atomic mass is 35.5. The molecule has 59 heavy (non-hydrogen) atoms. The smallest absolute Gasteiger partial charge is 0.271 e. The molecule has 304 valence electrons. The summed E-state index contributed by atoms with van der Waals surface area (Å²) >= 11 is 6.16. The molecular weight excluding hydrogens is 770 g/mol. The van der Waals surface area contributed by atoms with Crippen molar-refractivity contribution in [3.8, 4) is 11.8 Å². The lowest BCUT2D eigenvalue weighted by Gasteiger charge is -2.40. The number of amides is 3. The minimum atomic E-state index is -0.515. The number of halogens is 1. The quantitative estimate of drug-likeness (QED) is 0.167. The number of anilines is 2. The molecule has 3 aromatic carbocycles. The van der Waals surface area contributed by atoms with E-state index >= 15 is 0 Å². The number of ether oxygens (including phenoxy) is 1. The first-order chi connectivity index (χ1) is 28.8. The maximum atomic E-state index is 13.1. The molecule has 1 saturated carbocycles. The van der Waals surface area contributed by atoms with E-state index in [1.54, 1.807) is 30.6 Å². The third kappa shape index (κ3) is 8.27. The summed E-state index contributed by atoms with van der Waals surface area (Å²) in [5.41, 5.74) is 3.15. The Morgan fingerprint density at radius 1 is 0.915 bits per heavy atom. The van der Waals surface area contributed by atoms with E-state index in [1.807, 2.05) is 6.07 Å². The molecule has 4 fully saturated rings. The van der Waals surface area contributed by atoms with Gasteiger partial charge in [-0.3, -0.25) is 24.6 Å². The van der Waals surface area contributed by atoms with Gasteiger partial charge in [0.15, 0.2) is 5.58 Å². The van der Waals surface area contributed by atoms with Crippen LogP contribution >= 0.6 is 11.6 Å². The first-order valence-corrected chi connectivity index (χ1v) is 21.0. The van der Waals surface area contributed by atoms with Crippen LogP contribution in [0.5, 0.6) is 5.75 Å². The number of aromatic nitrogens is 3. The van der Waals surface area contributed by atoms with Gasteiger partial charge in [0.25, 0.3) is 5.91 Å². The van der Waals surface area contributed by atoms with Crippen LogP contribution in [0.3, 0.4) is 0 Å². The van der Waals surface area contributed by atoms with Crippen molar-refractivity contribution in [3.05, 3.63) is 82.9 Å². The second-order valence-electron chi connectivity index (χ2n) is 16.2. The molecule has 15 heteroatoms. The van der Waals surface area contributed by atoms with E-state index in [-0.39, 0.29) is 36.3 Å². The Hall–Kier alpha value is -5.78. The average molecular weight is 816 g/mol. The second-order valence-corrected chi connectivity index (χ2v) is 16.6. The van der Waals surface area contributed by atoms with Gasteiger partial charge in [-0.15, -0.1) is 0 Å². The molecule has 1 aliphatic carbocycles. The first-order valence-electron chi connectivity index (χ1n) is 20.7. The van der Waals surface area contributed by atoms with Crippen molar-refractivity contribution in [2.75, 3.05) is 55.6 Å². The third-order valence-electron chi connectivity index (χ3n) is 12.5. The van der Waals surface area contributed by atoms with Crippen LogP contribution in [0.4, 0.5) is 11.5 Å². The van der Waals surface area contributed by atoms with Gasteiger partial charge in [-0.25, -0.2) is 9.97 Å². The predicted octanol–water partition coefficient (Wildman–Crippen LogP) is 5.97. The maximum Gasteiger partial charge on any atom is 0.271 e. The molecule has 3 saturated heterocycles. The molecule has 3 amide bonds. The topological polar surface area (TPSA) is 170 Å². The standard InChI is InChI=1S/C44H46ClN9O5/c45-35-22-31(7-4-28(35)23-46)58-30-8-5-29(6-9-30)49-44(57)36-24-48-39(25-47-36)54-16-14-27(15-17-54)26-52-18-20-53(21-19-52)37-3-1-2-33-32(37)10-12-38-41(33)42(51-59-38)34-11-13-40(55)50-43(34)56/h1-4,7,10,12,22,24-25,27,29-30,34H,5-6,8-9,11,13-21,26H2,(H,49,57)(H,50,55,56)/t29-,30-,34?. The Balaban J connectivity index is 0.729. The number of piperidine rings is 2. The number of carbonyl (C=O) groups is 3. The summed E-state index contributed by atoms with van der Waals surface area (Å²) in [5, 5.41) is 22.3. The van der Waals surface area contributed by atoms with Crippen LogP contribution in [0.1, 0.15) is 79.0 Å². The Morgan fingerprint density at radius 3 is 2.46 bits per heavy atom. The lowest BCUT2D eigenvalue weighted by molar-refractivity contribution is -0.134. The van der Waals surface area contributed by atoms with Crippen molar-refractivity contribution in [2.24, 2.45) is 5.92 Å². The predicted molar refractivity (Wildman–Crippen MR) is 223 cm³/mol. The van der Waals surface area contributed by atoms with E-state index in [0.29, 0.717) is 45.6 Å². The van der Waals surface area contributed by atoms with E-state index in [4.69, 9.17) is 26.1 Å². The molecule has 0 radical (unpaired) electrons. The van der Waals surface area contributed by atoms with Gasteiger partial charge in [-0.05, 0) is 86.6 Å². The van der Waals surface area contributed by atoms with Crippen molar-refractivity contribution in [2.45, 2.75) is 69.4 Å². The van der Waals surface area contributed by atoms with Gasteiger partial charge >= 0.3 is 0 Å². The number of benzene rings is 3. The molecule has 1 unspecified atom stereocenters. The van der Waals surface area contributed by atoms with E-state index in [0.717, 1.165) is 106 Å². The van der Waals surface area contributed by atoms with Crippen LogP contribution in [0.2, 0.25) is 5.02 Å². The molecule has 9 rings (SSSR count). The highest BCUT2D eigenvalue weighted by molar-refractivity contribution is 6.31. The zero-order valence-electron chi connectivity index (χ0n) is 32.7. The van der Waals surface area contributed by atoms with Gasteiger partial charge in [-0.1, -0.05) is 28.9 Å². The molecule has 5 aromatic rings. The minimum Gasteiger partial charge on any atom is -0.490 e. The van der Waals surface area contributed by atoms with Crippen molar-refractivity contribution in [1.82, 2.24) is 30.7 Å². The number of fused-ring (bicyclic) bond motifs is 3. The van der Waals surface area contributed by atoms with Crippen LogP contribution < -0.4 is 25.2 Å². The van der Waals surface area contributed by atoms with Gasteiger partial charge in [0.1, 0.15) is 29.0 Å². The van der Waals surface area contributed by atoms with Crippen LogP contribution in [-0.4, -0.2) is 95.7 Å². The molecule has 0 spiro atoms. The lowest BCUT2D eigenvalue weighted by Crippen LogP contribution is -2.49. The summed E-state index contributed by atoms with van der Waals surface area (Å²) in [7, 11) is 0. The maximum absolute atomic E-state index is 13.1. The van der Waals surface area contributed by atoms with Gasteiger partial charge < -0.3 is 24.4 Å². The van der Waals surface area contributed by atoms with Gasteiger partial charge in [0, 0.05) is 75.4 Å². The van der Waals surface area contributed by atoms with Crippen molar-refractivity contribution in [3.63, 3.8) is 0 Å². The summed E-state index contributed by atoms with van der Waals surface area (Å²) in [6.45, 7) is 6.66. The number of nitrogens with one attached hydrogen (secondary N) is 2. The zero-order chi connectivity index (χ0) is 40.5. The molecular formula is C44H46ClN9O5. The summed E-state index contributed by atoms with van der Waals surface area (Å²) in [4.78, 5) is 54.0. The van der Waals surface area contributed by atoms with Crippen LogP contribution in [-0.2, 0) is 9.59 Å². The third-order valence-corrected chi connectivity index (χ3v) is 12.8. The summed E-state index contributed by atoms with van der Waals surface area (Å²) in [5.74, 6) is 0.764. The molecule has 4 aliphatic rings. The Bertz CT molecular complexity index is 2410. The number of carbonyl (C=O) groups excluding carboxylic acids is 3. The second kappa shape index (κ2) is 16.8. The lowest BCUT2D eigenvalue weighted by atomic mass is 9.91. The number of nitriles is 1. The highest BCUT2D eigenvalue weighted by Crippen LogP contribution is 2.38. The SMILES string of the molecule is N#Cc1ccc(O[C@H]2CC[C@H](NC(=O)c3cnc(N4CCC(CN5CCN(c6cccc7c6ccc6onc(C8CCC(=O)NC8=O)c67)CC5)CC4)cn3)CC2)cc1Cl. The van der Waals surface area contributed by atoms with Crippen molar-refractivity contribution >= 4 is 62.6 Å². The Labute approximate surface area is 346 Å². The fourth-order valence-electron chi connectivity index (χ4n) is 9.19. The molecule has 2 aromatic heterocycles. The van der Waals surface area contributed by atoms with Crippen LogP contribution in [0.15, 0.2) is 65.4 Å². The number of hydrogen-bond acceptors (Lipinski definition) is 12. The van der Waals surface area contributed by atoms with Gasteiger partial charge in [0.2, 0.25) is 11.8 Å². The fourth-order valence-corrected chi connectivity index (χ4v) is 9.41. The average Bonchev–Trinajstić information content (AvgIpc) is 3.69. The number of hydrogen-bond donors (Lipinski definition) is 2. The number of rotatable bonds is 9. The van der Waals surface area contributed by atoms with Gasteiger partial charge in [-0.2, -0.15) is 5.26 Å². The molecule has 5 heterocycles. The molecule has 1 atom stereocenters. The zero-order valence-corrected chi connectivity index (χ0v) is 33.5. The summed E-state index contributed by atoms with van der Waals surface area (Å²) < 4.78 is 11.8. The molecule has 2 N–H and O–H groups in total. The van der Waals surface area contributed by atoms with Crippen molar-refractivity contribution in [1.29, 1.82) is 5.26 Å². The number of nitrogens with zero attached hydrogens (tertiary/aromatic N) is 7. The Morgan fingerprint density at radius 2 is 1.73 bits per heavy atom. The number of piperazine rings is 1. The summed E-state index contributed by atoms with van der Waals surface area (Å²) in [6, 6.07) is 17.5. The fraction of sp³-hybridized carbons (Fsp3) is 0.432. The van der Waals surface area contributed by atoms with Gasteiger partial charge in [0.05, 0.1) is 40.4 Å². The molecule has 14 nitrogen and oxygen atoms in total. The first kappa shape index (κ1) is 38.7. The number of imide groups is 1. The Kier molecular flexibility index (Phi) is 11.0. The molecule has 3 aliphatic heterocycles. The van der Waals surface area contributed by atoms with Crippen LogP contribution in [0, 0.1) is 17.2 Å². The van der Waals surface area contributed by atoms with Crippen LogP contribution in [0.25, 0.3) is 21.7 Å². The largest absolute Gasteiger partial charge is 0.490 e. The molecule has 0 bridgehead atoms.